The summed E-state index contributed by atoms with van der Waals surface area (Å²) in [4.78, 5) is 8.94. The zero-order valence-electron chi connectivity index (χ0n) is 11.0. The van der Waals surface area contributed by atoms with Crippen molar-refractivity contribution in [3.05, 3.63) is 53.6 Å². The fourth-order valence-electron chi connectivity index (χ4n) is 2.19. The highest BCUT2D eigenvalue weighted by Gasteiger charge is 2.11. The molecule has 4 nitrogen and oxygen atoms in total. The first-order valence-electron chi connectivity index (χ1n) is 6.21. The van der Waals surface area contributed by atoms with Crippen molar-refractivity contribution >= 4 is 10.9 Å². The van der Waals surface area contributed by atoms with Crippen LogP contribution in [0.3, 0.4) is 0 Å². The molecule has 0 spiro atoms. The third kappa shape index (κ3) is 1.90. The van der Waals surface area contributed by atoms with Crippen LogP contribution in [0.15, 0.2) is 36.7 Å². The van der Waals surface area contributed by atoms with E-state index in [1.807, 2.05) is 48.7 Å². The van der Waals surface area contributed by atoms with Gasteiger partial charge in [-0.1, -0.05) is 18.2 Å². The summed E-state index contributed by atoms with van der Waals surface area (Å²) in [6.07, 6.45) is 1.75. The van der Waals surface area contributed by atoms with Crippen LogP contribution in [0.4, 0.5) is 0 Å². The Bertz CT molecular complexity index is 746. The number of nitrogens with zero attached hydrogens (tertiary/aromatic N) is 3. The van der Waals surface area contributed by atoms with Gasteiger partial charge in [0.15, 0.2) is 0 Å². The number of aliphatic hydroxyl groups excluding tert-OH is 1. The highest BCUT2D eigenvalue weighted by Crippen LogP contribution is 2.21. The molecule has 4 heteroatoms. The van der Waals surface area contributed by atoms with E-state index in [4.69, 9.17) is 0 Å². The lowest BCUT2D eigenvalue weighted by Gasteiger charge is -2.11. The molecule has 0 atom stereocenters. The van der Waals surface area contributed by atoms with E-state index >= 15 is 0 Å². The van der Waals surface area contributed by atoms with E-state index < -0.39 is 0 Å². The van der Waals surface area contributed by atoms with E-state index in [1.165, 1.54) is 0 Å². The highest BCUT2D eigenvalue weighted by molar-refractivity contribution is 5.80. The lowest BCUT2D eigenvalue weighted by Crippen LogP contribution is -2.04. The van der Waals surface area contributed by atoms with Gasteiger partial charge in [0.25, 0.3) is 0 Å². The first kappa shape index (κ1) is 11.9. The number of benzene rings is 1. The van der Waals surface area contributed by atoms with Crippen LogP contribution < -0.4 is 0 Å². The van der Waals surface area contributed by atoms with E-state index in [2.05, 4.69) is 9.97 Å². The Kier molecular flexibility index (Phi) is 2.80. The summed E-state index contributed by atoms with van der Waals surface area (Å²) in [5.74, 6) is 0.749. The van der Waals surface area contributed by atoms with Gasteiger partial charge in [-0.2, -0.15) is 0 Å². The van der Waals surface area contributed by atoms with Crippen LogP contribution in [0.1, 0.15) is 17.0 Å². The van der Waals surface area contributed by atoms with Crippen LogP contribution in [-0.2, 0) is 6.61 Å². The van der Waals surface area contributed by atoms with Crippen molar-refractivity contribution in [2.24, 2.45) is 0 Å². The number of aryl methyl sites for hydroxylation is 1. The maximum Gasteiger partial charge on any atom is 0.144 e. The van der Waals surface area contributed by atoms with Gasteiger partial charge in [0.05, 0.1) is 17.8 Å². The Balaban J connectivity index is 2.30. The van der Waals surface area contributed by atoms with Crippen molar-refractivity contribution in [2.75, 3.05) is 0 Å². The van der Waals surface area contributed by atoms with Gasteiger partial charge >= 0.3 is 0 Å². The minimum Gasteiger partial charge on any atom is -0.392 e. The van der Waals surface area contributed by atoms with Gasteiger partial charge < -0.3 is 5.11 Å². The Morgan fingerprint density at radius 3 is 2.68 bits per heavy atom. The molecule has 2 heterocycles. The fourth-order valence-corrected chi connectivity index (χ4v) is 2.19. The van der Waals surface area contributed by atoms with Gasteiger partial charge in [-0.3, -0.25) is 4.57 Å². The van der Waals surface area contributed by atoms with Crippen molar-refractivity contribution in [1.82, 2.24) is 14.5 Å². The van der Waals surface area contributed by atoms with E-state index in [1.54, 1.807) is 6.33 Å². The lowest BCUT2D eigenvalue weighted by atomic mass is 10.1. The van der Waals surface area contributed by atoms with Crippen LogP contribution in [0.25, 0.3) is 16.7 Å². The molecule has 0 aliphatic heterocycles. The van der Waals surface area contributed by atoms with Gasteiger partial charge in [-0.05, 0) is 26.0 Å². The van der Waals surface area contributed by atoms with Crippen LogP contribution in [-0.4, -0.2) is 19.6 Å². The molecule has 0 unspecified atom stereocenters. The molecule has 0 saturated heterocycles. The minimum absolute atomic E-state index is 0.0379. The largest absolute Gasteiger partial charge is 0.392 e. The van der Waals surface area contributed by atoms with E-state index in [-0.39, 0.29) is 6.61 Å². The van der Waals surface area contributed by atoms with Crippen LogP contribution in [0.2, 0.25) is 0 Å². The van der Waals surface area contributed by atoms with Gasteiger partial charge in [0, 0.05) is 16.6 Å². The van der Waals surface area contributed by atoms with Gasteiger partial charge in [0.2, 0.25) is 0 Å². The molecule has 0 radical (unpaired) electrons. The molecule has 0 bridgehead atoms. The van der Waals surface area contributed by atoms with Crippen molar-refractivity contribution in [2.45, 2.75) is 20.5 Å². The first-order chi connectivity index (χ1) is 9.20. The summed E-state index contributed by atoms with van der Waals surface area (Å²) in [6, 6.07) is 9.88. The Morgan fingerprint density at radius 1 is 1.21 bits per heavy atom. The molecule has 3 aromatic rings. The van der Waals surface area contributed by atoms with Crippen molar-refractivity contribution in [1.29, 1.82) is 0 Å². The number of aromatic nitrogens is 3. The van der Waals surface area contributed by atoms with Crippen LogP contribution in [0.5, 0.6) is 0 Å². The SMILES string of the molecule is Cc1ncn(-c2nc3ccccc3cc2CO)c1C. The standard InChI is InChI=1S/C15H15N3O/c1-10-11(2)18(9-16-10)15-13(8-19)7-12-5-3-4-6-14(12)17-15/h3-7,9,19H,8H2,1-2H3. The second kappa shape index (κ2) is 4.48. The smallest absolute Gasteiger partial charge is 0.144 e. The van der Waals surface area contributed by atoms with E-state index in [0.29, 0.717) is 0 Å². The Morgan fingerprint density at radius 2 is 2.00 bits per heavy atom. The summed E-state index contributed by atoms with van der Waals surface area (Å²) in [5, 5.41) is 10.6. The van der Waals surface area contributed by atoms with Crippen molar-refractivity contribution in [3.8, 4) is 5.82 Å². The molecule has 0 aliphatic carbocycles. The van der Waals surface area contributed by atoms with Gasteiger partial charge in [-0.25, -0.2) is 9.97 Å². The molecule has 0 saturated carbocycles. The van der Waals surface area contributed by atoms with Gasteiger partial charge in [0.1, 0.15) is 12.1 Å². The molecule has 2 aromatic heterocycles. The molecular formula is C15H15N3O. The average Bonchev–Trinajstić information content (AvgIpc) is 2.77. The molecule has 0 amide bonds. The molecular weight excluding hydrogens is 238 g/mol. The molecule has 1 N–H and O–H groups in total. The fraction of sp³-hybridized carbons (Fsp3) is 0.200. The second-order valence-electron chi connectivity index (χ2n) is 4.61. The predicted octanol–water partition coefficient (Wildman–Crippen LogP) is 2.53. The Hall–Kier alpha value is -2.20. The zero-order valence-corrected chi connectivity index (χ0v) is 11.0. The molecule has 0 aliphatic rings. The van der Waals surface area contributed by atoms with Crippen molar-refractivity contribution < 1.29 is 5.11 Å². The summed E-state index contributed by atoms with van der Waals surface area (Å²) in [6.45, 7) is 3.93. The summed E-state index contributed by atoms with van der Waals surface area (Å²) in [7, 11) is 0. The number of aliphatic hydroxyl groups is 1. The molecule has 0 fully saturated rings. The number of pyridine rings is 1. The summed E-state index contributed by atoms with van der Waals surface area (Å²) in [5.41, 5.74) is 3.73. The number of fused-ring (bicyclic) bond motifs is 1. The number of hydrogen-bond donors (Lipinski definition) is 1. The average molecular weight is 253 g/mol. The third-order valence-corrected chi connectivity index (χ3v) is 3.43. The zero-order chi connectivity index (χ0) is 13.4. The van der Waals surface area contributed by atoms with Crippen LogP contribution >= 0.6 is 0 Å². The molecule has 19 heavy (non-hydrogen) atoms. The highest BCUT2D eigenvalue weighted by atomic mass is 16.3. The molecule has 1 aromatic carbocycles. The summed E-state index contributed by atoms with van der Waals surface area (Å²) >= 11 is 0. The second-order valence-corrected chi connectivity index (χ2v) is 4.61. The summed E-state index contributed by atoms with van der Waals surface area (Å²) < 4.78 is 1.92. The molecule has 3 rings (SSSR count). The van der Waals surface area contributed by atoms with Crippen LogP contribution in [0, 0.1) is 13.8 Å². The van der Waals surface area contributed by atoms with E-state index in [9.17, 15) is 5.11 Å². The predicted molar refractivity (Wildman–Crippen MR) is 74.3 cm³/mol. The topological polar surface area (TPSA) is 50.9 Å². The third-order valence-electron chi connectivity index (χ3n) is 3.43. The van der Waals surface area contributed by atoms with Crippen molar-refractivity contribution in [3.63, 3.8) is 0 Å². The maximum absolute atomic E-state index is 9.56. The van der Waals surface area contributed by atoms with Gasteiger partial charge in [-0.15, -0.1) is 0 Å². The maximum atomic E-state index is 9.56. The number of para-hydroxylation sites is 1. The molecule has 96 valence electrons. The quantitative estimate of drug-likeness (QED) is 0.763. The first-order valence-corrected chi connectivity index (χ1v) is 6.21. The minimum atomic E-state index is -0.0379. The number of rotatable bonds is 2. The lowest BCUT2D eigenvalue weighted by molar-refractivity contribution is 0.281. The number of imidazole rings is 1. The normalized spacial score (nSPS) is 11.1. The number of hydrogen-bond acceptors (Lipinski definition) is 3. The Labute approximate surface area is 111 Å². The monoisotopic (exact) mass is 253 g/mol. The van der Waals surface area contributed by atoms with E-state index in [0.717, 1.165) is 33.7 Å².